The highest BCUT2D eigenvalue weighted by Gasteiger charge is 2.12. The Hall–Kier alpha value is -1.09. The van der Waals surface area contributed by atoms with Crippen molar-refractivity contribution < 1.29 is 4.39 Å². The van der Waals surface area contributed by atoms with Gasteiger partial charge in [-0.1, -0.05) is 19.9 Å². The molecule has 1 aromatic carbocycles. The Morgan fingerprint density at radius 1 is 1.35 bits per heavy atom. The van der Waals surface area contributed by atoms with Gasteiger partial charge in [0.1, 0.15) is 5.82 Å². The topological polar surface area (TPSA) is 15.3 Å². The number of hydrogen-bond acceptors (Lipinski definition) is 2. The van der Waals surface area contributed by atoms with Crippen LogP contribution in [-0.2, 0) is 6.54 Å². The predicted octanol–water partition coefficient (Wildman–Crippen LogP) is 3.17. The molecule has 0 spiro atoms. The lowest BCUT2D eigenvalue weighted by Crippen LogP contribution is -2.28. The first kappa shape index (κ1) is 14.0. The van der Waals surface area contributed by atoms with Crippen molar-refractivity contribution in [1.82, 2.24) is 5.32 Å². The number of halogens is 1. The molecular weight excluding hydrogens is 215 g/mol. The molecular formula is C14H23FN2. The minimum absolute atomic E-state index is 0.136. The van der Waals surface area contributed by atoms with Crippen molar-refractivity contribution in [3.05, 3.63) is 29.6 Å². The minimum Gasteiger partial charge on any atom is -0.370 e. The number of nitrogens with zero attached hydrogens (tertiary/aromatic N) is 1. The maximum atomic E-state index is 14.0. The van der Waals surface area contributed by atoms with E-state index in [9.17, 15) is 4.39 Å². The quantitative estimate of drug-likeness (QED) is 0.819. The summed E-state index contributed by atoms with van der Waals surface area (Å²) < 4.78 is 14.0. The van der Waals surface area contributed by atoms with Crippen LogP contribution in [0.2, 0.25) is 0 Å². The second-order valence-electron chi connectivity index (χ2n) is 4.43. The van der Waals surface area contributed by atoms with Crippen LogP contribution >= 0.6 is 0 Å². The first-order valence-corrected chi connectivity index (χ1v) is 6.32. The van der Waals surface area contributed by atoms with E-state index in [2.05, 4.69) is 19.2 Å². The van der Waals surface area contributed by atoms with Gasteiger partial charge in [-0.05, 0) is 37.6 Å². The summed E-state index contributed by atoms with van der Waals surface area (Å²) in [5, 5.41) is 3.19. The average molecular weight is 238 g/mol. The SMILES string of the molecule is CCNCc1ccc(N(C)C(C)CC)c(F)c1. The van der Waals surface area contributed by atoms with Crippen LogP contribution in [0.25, 0.3) is 0 Å². The van der Waals surface area contributed by atoms with Crippen molar-refractivity contribution in [1.29, 1.82) is 0 Å². The van der Waals surface area contributed by atoms with Crippen LogP contribution in [0.3, 0.4) is 0 Å². The van der Waals surface area contributed by atoms with Gasteiger partial charge >= 0.3 is 0 Å². The van der Waals surface area contributed by atoms with Crippen LogP contribution < -0.4 is 10.2 Å². The molecule has 2 nitrogen and oxygen atoms in total. The standard InChI is InChI=1S/C14H23FN2/c1-5-11(3)17(4)14-8-7-12(9-13(14)15)10-16-6-2/h7-9,11,16H,5-6,10H2,1-4H3. The Morgan fingerprint density at radius 3 is 2.59 bits per heavy atom. The molecule has 0 radical (unpaired) electrons. The van der Waals surface area contributed by atoms with E-state index in [1.54, 1.807) is 6.07 Å². The van der Waals surface area contributed by atoms with E-state index >= 15 is 0 Å². The van der Waals surface area contributed by atoms with Gasteiger partial charge in [-0.2, -0.15) is 0 Å². The van der Waals surface area contributed by atoms with Gasteiger partial charge < -0.3 is 10.2 Å². The lowest BCUT2D eigenvalue weighted by molar-refractivity contribution is 0.596. The van der Waals surface area contributed by atoms with Crippen molar-refractivity contribution in [2.24, 2.45) is 0 Å². The molecule has 0 aliphatic rings. The van der Waals surface area contributed by atoms with Gasteiger partial charge in [0.25, 0.3) is 0 Å². The number of anilines is 1. The van der Waals surface area contributed by atoms with Crippen LogP contribution in [0, 0.1) is 5.82 Å². The molecule has 0 aliphatic carbocycles. The van der Waals surface area contributed by atoms with E-state index in [4.69, 9.17) is 0 Å². The number of rotatable bonds is 6. The zero-order valence-electron chi connectivity index (χ0n) is 11.3. The summed E-state index contributed by atoms with van der Waals surface area (Å²) in [6.07, 6.45) is 1.01. The molecule has 0 amide bonds. The molecule has 17 heavy (non-hydrogen) atoms. The molecule has 1 N–H and O–H groups in total. The van der Waals surface area contributed by atoms with Crippen LogP contribution in [0.4, 0.5) is 10.1 Å². The molecule has 1 rings (SSSR count). The van der Waals surface area contributed by atoms with E-state index in [-0.39, 0.29) is 5.82 Å². The fourth-order valence-electron chi connectivity index (χ4n) is 1.73. The fourth-order valence-corrected chi connectivity index (χ4v) is 1.73. The van der Waals surface area contributed by atoms with Gasteiger partial charge in [-0.15, -0.1) is 0 Å². The van der Waals surface area contributed by atoms with Crippen molar-refractivity contribution in [3.8, 4) is 0 Å². The van der Waals surface area contributed by atoms with Crippen LogP contribution in [-0.4, -0.2) is 19.6 Å². The molecule has 1 atom stereocenters. The minimum atomic E-state index is -0.136. The third kappa shape index (κ3) is 3.70. The highest BCUT2D eigenvalue weighted by atomic mass is 19.1. The molecule has 1 unspecified atom stereocenters. The van der Waals surface area contributed by atoms with Crippen molar-refractivity contribution in [2.45, 2.75) is 39.8 Å². The van der Waals surface area contributed by atoms with Crippen LogP contribution in [0.1, 0.15) is 32.8 Å². The van der Waals surface area contributed by atoms with E-state index in [0.29, 0.717) is 11.7 Å². The number of benzene rings is 1. The van der Waals surface area contributed by atoms with E-state index in [1.807, 2.05) is 31.0 Å². The summed E-state index contributed by atoms with van der Waals surface area (Å²) in [6, 6.07) is 5.83. The van der Waals surface area contributed by atoms with Gasteiger partial charge in [0.2, 0.25) is 0 Å². The third-order valence-electron chi connectivity index (χ3n) is 3.22. The molecule has 1 aromatic rings. The smallest absolute Gasteiger partial charge is 0.146 e. The molecule has 96 valence electrons. The third-order valence-corrected chi connectivity index (χ3v) is 3.22. The van der Waals surface area contributed by atoms with E-state index < -0.39 is 0 Å². The highest BCUT2D eigenvalue weighted by molar-refractivity contribution is 5.49. The highest BCUT2D eigenvalue weighted by Crippen LogP contribution is 2.22. The second kappa shape index (κ2) is 6.60. The summed E-state index contributed by atoms with van der Waals surface area (Å²) in [7, 11) is 1.94. The van der Waals surface area contributed by atoms with Gasteiger partial charge in [0.05, 0.1) is 5.69 Å². The van der Waals surface area contributed by atoms with Crippen molar-refractivity contribution in [2.75, 3.05) is 18.5 Å². The zero-order valence-corrected chi connectivity index (χ0v) is 11.3. The van der Waals surface area contributed by atoms with Crippen molar-refractivity contribution >= 4 is 5.69 Å². The Kier molecular flexibility index (Phi) is 5.42. The maximum absolute atomic E-state index is 14.0. The molecule has 0 saturated heterocycles. The largest absolute Gasteiger partial charge is 0.370 e. The number of nitrogens with one attached hydrogen (secondary N) is 1. The normalized spacial score (nSPS) is 12.5. The monoisotopic (exact) mass is 238 g/mol. The fraction of sp³-hybridized carbons (Fsp3) is 0.571. The van der Waals surface area contributed by atoms with Gasteiger partial charge in [0.15, 0.2) is 0 Å². The van der Waals surface area contributed by atoms with E-state index in [0.717, 1.165) is 25.1 Å². The summed E-state index contributed by atoms with van der Waals surface area (Å²) in [4.78, 5) is 1.99. The Morgan fingerprint density at radius 2 is 2.06 bits per heavy atom. The average Bonchev–Trinajstić information content (AvgIpc) is 2.34. The zero-order chi connectivity index (χ0) is 12.8. The lowest BCUT2D eigenvalue weighted by atomic mass is 10.1. The first-order valence-electron chi connectivity index (χ1n) is 6.32. The molecule has 0 saturated carbocycles. The summed E-state index contributed by atoms with van der Waals surface area (Å²) in [6.45, 7) is 7.88. The van der Waals surface area contributed by atoms with Crippen LogP contribution in [0.5, 0.6) is 0 Å². The molecule has 0 fully saturated rings. The molecule has 0 aliphatic heterocycles. The van der Waals surface area contributed by atoms with Gasteiger partial charge in [-0.3, -0.25) is 0 Å². The van der Waals surface area contributed by atoms with Crippen molar-refractivity contribution in [3.63, 3.8) is 0 Å². The van der Waals surface area contributed by atoms with Gasteiger partial charge in [-0.25, -0.2) is 4.39 Å². The molecule has 0 bridgehead atoms. The predicted molar refractivity (Wildman–Crippen MR) is 71.9 cm³/mol. The summed E-state index contributed by atoms with van der Waals surface area (Å²) >= 11 is 0. The maximum Gasteiger partial charge on any atom is 0.146 e. The summed E-state index contributed by atoms with van der Waals surface area (Å²) in [5.74, 6) is -0.136. The molecule has 0 heterocycles. The molecule has 0 aromatic heterocycles. The Balaban J connectivity index is 2.82. The Labute approximate surface area is 104 Å². The number of hydrogen-bond donors (Lipinski definition) is 1. The first-order chi connectivity index (χ1) is 8.10. The summed E-state index contributed by atoms with van der Waals surface area (Å²) in [5.41, 5.74) is 1.67. The molecule has 3 heteroatoms. The lowest BCUT2D eigenvalue weighted by Gasteiger charge is -2.26. The Bertz CT molecular complexity index is 352. The second-order valence-corrected chi connectivity index (χ2v) is 4.43. The van der Waals surface area contributed by atoms with Gasteiger partial charge in [0, 0.05) is 19.6 Å². The van der Waals surface area contributed by atoms with E-state index in [1.165, 1.54) is 0 Å². The van der Waals surface area contributed by atoms with Crippen LogP contribution in [0.15, 0.2) is 18.2 Å².